The summed E-state index contributed by atoms with van der Waals surface area (Å²) in [6.07, 6.45) is 5.92. The van der Waals surface area contributed by atoms with Crippen LogP contribution in [0.2, 0.25) is 0 Å². The number of benzene rings is 2. The number of aromatic nitrogens is 2. The van der Waals surface area contributed by atoms with Crippen LogP contribution in [-0.2, 0) is 11.3 Å². The normalized spacial score (nSPS) is 11.1. The first-order valence-electron chi connectivity index (χ1n) is 8.49. The fourth-order valence-electron chi connectivity index (χ4n) is 2.65. The van der Waals surface area contributed by atoms with Crippen LogP contribution in [0.1, 0.15) is 24.6 Å². The quantitative estimate of drug-likeness (QED) is 0.639. The fraction of sp³-hybridized carbons (Fsp3) is 0.190. The lowest BCUT2D eigenvalue weighted by molar-refractivity contribution is -0.126. The number of para-hydroxylation sites is 2. The van der Waals surface area contributed by atoms with Gasteiger partial charge in [-0.2, -0.15) is 0 Å². The topological polar surface area (TPSA) is 46.1 Å². The second kappa shape index (κ2) is 8.20. The molecule has 0 bridgehead atoms. The molecule has 3 rings (SSSR count). The second-order valence-corrected chi connectivity index (χ2v) is 5.86. The van der Waals surface area contributed by atoms with Crippen LogP contribution in [0.3, 0.4) is 0 Å². The minimum Gasteiger partial charge on any atom is -0.335 e. The fourth-order valence-corrected chi connectivity index (χ4v) is 2.65. The minimum absolute atomic E-state index is 0.0133. The van der Waals surface area contributed by atoms with Crippen LogP contribution in [0.25, 0.3) is 17.1 Å². The van der Waals surface area contributed by atoms with E-state index in [9.17, 15) is 4.79 Å². The molecule has 0 aliphatic carbocycles. The molecule has 0 spiro atoms. The van der Waals surface area contributed by atoms with Crippen molar-refractivity contribution in [1.82, 2.24) is 14.9 Å². The maximum Gasteiger partial charge on any atom is 0.246 e. The number of nitrogens with zero attached hydrogens (tertiary/aromatic N) is 3. The zero-order chi connectivity index (χ0) is 17.5. The average molecular weight is 331 g/mol. The number of amides is 1. The van der Waals surface area contributed by atoms with Crippen LogP contribution in [0.5, 0.6) is 0 Å². The van der Waals surface area contributed by atoms with Crippen molar-refractivity contribution in [3.05, 3.63) is 78.1 Å². The van der Waals surface area contributed by atoms with Crippen molar-refractivity contribution in [2.24, 2.45) is 0 Å². The summed E-state index contributed by atoms with van der Waals surface area (Å²) in [6, 6.07) is 17.7. The number of hydrogen-bond donors (Lipinski definition) is 0. The molecule has 1 amide bonds. The first-order valence-corrected chi connectivity index (χ1v) is 8.49. The Morgan fingerprint density at radius 3 is 2.52 bits per heavy atom. The third kappa shape index (κ3) is 4.51. The molecule has 0 fully saturated rings. The molecular formula is C21H21N3O. The van der Waals surface area contributed by atoms with Gasteiger partial charge in [0.05, 0.1) is 22.9 Å². The van der Waals surface area contributed by atoms with E-state index in [2.05, 4.69) is 16.9 Å². The van der Waals surface area contributed by atoms with Gasteiger partial charge in [0.15, 0.2) is 0 Å². The third-order valence-electron chi connectivity index (χ3n) is 3.89. The number of carbonyl (C=O) groups excluding carboxylic acids is 1. The number of carbonyl (C=O) groups is 1. The van der Waals surface area contributed by atoms with Gasteiger partial charge in [0.25, 0.3) is 0 Å². The monoisotopic (exact) mass is 331 g/mol. The smallest absolute Gasteiger partial charge is 0.246 e. The van der Waals surface area contributed by atoms with Gasteiger partial charge in [0.2, 0.25) is 5.91 Å². The van der Waals surface area contributed by atoms with Crippen molar-refractivity contribution in [2.45, 2.75) is 19.9 Å². The van der Waals surface area contributed by atoms with Crippen molar-refractivity contribution in [1.29, 1.82) is 0 Å². The van der Waals surface area contributed by atoms with E-state index in [1.165, 1.54) is 0 Å². The Hall–Kier alpha value is -3.01. The lowest BCUT2D eigenvalue weighted by Crippen LogP contribution is -2.29. The molecule has 4 nitrogen and oxygen atoms in total. The van der Waals surface area contributed by atoms with Gasteiger partial charge < -0.3 is 4.90 Å². The molecule has 0 saturated heterocycles. The van der Waals surface area contributed by atoms with E-state index in [1.807, 2.05) is 59.5 Å². The molecule has 4 heteroatoms. The van der Waals surface area contributed by atoms with Gasteiger partial charge in [0.1, 0.15) is 0 Å². The average Bonchev–Trinajstić information content (AvgIpc) is 2.66. The van der Waals surface area contributed by atoms with Crippen molar-refractivity contribution in [3.8, 4) is 0 Å². The van der Waals surface area contributed by atoms with Gasteiger partial charge in [-0.1, -0.05) is 49.4 Å². The molecule has 25 heavy (non-hydrogen) atoms. The summed E-state index contributed by atoms with van der Waals surface area (Å²) < 4.78 is 0. The van der Waals surface area contributed by atoms with E-state index in [0.717, 1.165) is 29.6 Å². The Morgan fingerprint density at radius 1 is 1.04 bits per heavy atom. The summed E-state index contributed by atoms with van der Waals surface area (Å²) in [4.78, 5) is 23.3. The molecule has 1 aromatic heterocycles. The van der Waals surface area contributed by atoms with Gasteiger partial charge in [-0.3, -0.25) is 9.78 Å². The SMILES string of the molecule is CCCN(Cc1ccccc1)C(=O)/C=C/c1cnc2ccccc2n1. The van der Waals surface area contributed by atoms with Crippen LogP contribution >= 0.6 is 0 Å². The standard InChI is InChI=1S/C21H21N3O/c1-2-14-24(16-17-8-4-3-5-9-17)21(25)13-12-18-15-22-19-10-6-7-11-20(19)23-18/h3-13,15H,2,14,16H2,1H3/b13-12+. The predicted octanol–water partition coefficient (Wildman–Crippen LogP) is 4.08. The molecule has 0 aliphatic heterocycles. The first-order chi connectivity index (χ1) is 12.3. The molecular weight excluding hydrogens is 310 g/mol. The molecule has 0 atom stereocenters. The minimum atomic E-state index is -0.0133. The van der Waals surface area contributed by atoms with Crippen LogP contribution in [-0.4, -0.2) is 27.3 Å². The second-order valence-electron chi connectivity index (χ2n) is 5.86. The van der Waals surface area contributed by atoms with Crippen molar-refractivity contribution in [3.63, 3.8) is 0 Å². The van der Waals surface area contributed by atoms with Crippen LogP contribution in [0.4, 0.5) is 0 Å². The Balaban J connectivity index is 1.73. The molecule has 0 aliphatic rings. The van der Waals surface area contributed by atoms with E-state index < -0.39 is 0 Å². The van der Waals surface area contributed by atoms with Crippen LogP contribution in [0.15, 0.2) is 66.9 Å². The zero-order valence-electron chi connectivity index (χ0n) is 14.3. The van der Waals surface area contributed by atoms with Gasteiger partial charge >= 0.3 is 0 Å². The summed E-state index contributed by atoms with van der Waals surface area (Å²) >= 11 is 0. The van der Waals surface area contributed by atoms with Gasteiger partial charge in [-0.15, -0.1) is 0 Å². The number of fused-ring (bicyclic) bond motifs is 1. The Morgan fingerprint density at radius 2 is 1.76 bits per heavy atom. The summed E-state index contributed by atoms with van der Waals surface area (Å²) in [5.74, 6) is -0.0133. The zero-order valence-corrected chi connectivity index (χ0v) is 14.3. The van der Waals surface area contributed by atoms with Gasteiger partial charge in [-0.25, -0.2) is 4.98 Å². The lowest BCUT2D eigenvalue weighted by atomic mass is 10.2. The Kier molecular flexibility index (Phi) is 5.52. The maximum atomic E-state index is 12.6. The molecule has 0 unspecified atom stereocenters. The summed E-state index contributed by atoms with van der Waals surface area (Å²) in [5.41, 5.74) is 3.49. The van der Waals surface area contributed by atoms with Crippen molar-refractivity contribution >= 4 is 23.0 Å². The number of rotatable bonds is 6. The molecule has 2 aromatic carbocycles. The number of hydrogen-bond acceptors (Lipinski definition) is 3. The molecule has 3 aromatic rings. The van der Waals surface area contributed by atoms with E-state index in [0.29, 0.717) is 12.2 Å². The van der Waals surface area contributed by atoms with E-state index in [1.54, 1.807) is 18.3 Å². The van der Waals surface area contributed by atoms with Crippen LogP contribution in [0, 0.1) is 0 Å². The third-order valence-corrected chi connectivity index (χ3v) is 3.89. The highest BCUT2D eigenvalue weighted by molar-refractivity contribution is 5.91. The van der Waals surface area contributed by atoms with Crippen molar-refractivity contribution in [2.75, 3.05) is 6.54 Å². The van der Waals surface area contributed by atoms with E-state index in [4.69, 9.17) is 0 Å². The maximum absolute atomic E-state index is 12.6. The largest absolute Gasteiger partial charge is 0.335 e. The van der Waals surface area contributed by atoms with Crippen LogP contribution < -0.4 is 0 Å². The highest BCUT2D eigenvalue weighted by atomic mass is 16.2. The molecule has 0 saturated carbocycles. The van der Waals surface area contributed by atoms with Gasteiger partial charge in [-0.05, 0) is 30.2 Å². The van der Waals surface area contributed by atoms with Gasteiger partial charge in [0, 0.05) is 19.2 Å². The summed E-state index contributed by atoms with van der Waals surface area (Å²) in [5, 5.41) is 0. The van der Waals surface area contributed by atoms with E-state index in [-0.39, 0.29) is 5.91 Å². The first kappa shape index (κ1) is 16.8. The predicted molar refractivity (Wildman–Crippen MR) is 101 cm³/mol. The van der Waals surface area contributed by atoms with E-state index >= 15 is 0 Å². The highest BCUT2D eigenvalue weighted by Gasteiger charge is 2.10. The molecule has 126 valence electrons. The molecule has 0 radical (unpaired) electrons. The Labute approximate surface area is 147 Å². The Bertz CT molecular complexity index is 874. The lowest BCUT2D eigenvalue weighted by Gasteiger charge is -2.20. The molecule has 1 heterocycles. The molecule has 0 N–H and O–H groups in total. The summed E-state index contributed by atoms with van der Waals surface area (Å²) in [7, 11) is 0. The highest BCUT2D eigenvalue weighted by Crippen LogP contribution is 2.10. The van der Waals surface area contributed by atoms with Crippen molar-refractivity contribution < 1.29 is 4.79 Å². The summed E-state index contributed by atoms with van der Waals surface area (Å²) in [6.45, 7) is 3.41.